The first kappa shape index (κ1) is 22.2. The number of H-pyrrole nitrogens is 1. The molecule has 1 aliphatic rings. The summed E-state index contributed by atoms with van der Waals surface area (Å²) in [5.74, 6) is 1.00. The van der Waals surface area contributed by atoms with Gasteiger partial charge in [0.05, 0.1) is 21.2 Å². The van der Waals surface area contributed by atoms with Crippen molar-refractivity contribution in [3.05, 3.63) is 49.8 Å². The lowest BCUT2D eigenvalue weighted by Gasteiger charge is -2.19. The zero-order valence-electron chi connectivity index (χ0n) is 19.5. The SMILES string of the molecule is Cc1csc([C@H]2CN(c3nc4n[nH]c(-c5ccc6nn(C)cc6c5Cl)c4c(=O)n3C)C[C@H]2CN)n1. The molecule has 0 bridgehead atoms. The maximum atomic E-state index is 13.6. The number of aromatic nitrogens is 7. The van der Waals surface area contributed by atoms with Gasteiger partial charge in [0.15, 0.2) is 5.65 Å². The number of halogens is 1. The number of benzene rings is 1. The maximum absolute atomic E-state index is 13.6. The molecular formula is C23H24ClN9OS. The number of nitrogens with two attached hydrogens (primary N) is 1. The largest absolute Gasteiger partial charge is 0.341 e. The van der Waals surface area contributed by atoms with E-state index in [1.165, 1.54) is 0 Å². The van der Waals surface area contributed by atoms with E-state index in [4.69, 9.17) is 22.3 Å². The van der Waals surface area contributed by atoms with Crippen molar-refractivity contribution in [1.29, 1.82) is 0 Å². The van der Waals surface area contributed by atoms with Gasteiger partial charge in [0, 0.05) is 61.3 Å². The van der Waals surface area contributed by atoms with Crippen molar-refractivity contribution < 1.29 is 0 Å². The molecule has 35 heavy (non-hydrogen) atoms. The van der Waals surface area contributed by atoms with E-state index in [1.807, 2.05) is 32.3 Å². The average molecular weight is 510 g/mol. The van der Waals surface area contributed by atoms with E-state index in [-0.39, 0.29) is 17.4 Å². The summed E-state index contributed by atoms with van der Waals surface area (Å²) in [7, 11) is 3.59. The number of anilines is 1. The van der Waals surface area contributed by atoms with Gasteiger partial charge >= 0.3 is 0 Å². The summed E-state index contributed by atoms with van der Waals surface area (Å²) in [4.78, 5) is 25.2. The van der Waals surface area contributed by atoms with Gasteiger partial charge in [0.25, 0.3) is 5.56 Å². The van der Waals surface area contributed by atoms with Crippen LogP contribution < -0.4 is 16.2 Å². The molecule has 1 aliphatic heterocycles. The van der Waals surface area contributed by atoms with E-state index in [0.717, 1.165) is 21.6 Å². The number of rotatable bonds is 4. The molecule has 5 aromatic rings. The summed E-state index contributed by atoms with van der Waals surface area (Å²) in [5, 5.41) is 16.7. The van der Waals surface area contributed by atoms with E-state index >= 15 is 0 Å². The fourth-order valence-corrected chi connectivity index (χ4v) is 6.27. The van der Waals surface area contributed by atoms with E-state index in [2.05, 4.69) is 30.6 Å². The Hall–Kier alpha value is -3.28. The van der Waals surface area contributed by atoms with Crippen LogP contribution >= 0.6 is 22.9 Å². The van der Waals surface area contributed by atoms with Gasteiger partial charge in [0.2, 0.25) is 5.95 Å². The van der Waals surface area contributed by atoms with Crippen molar-refractivity contribution in [2.45, 2.75) is 12.8 Å². The van der Waals surface area contributed by atoms with Crippen LogP contribution in [0, 0.1) is 12.8 Å². The lowest BCUT2D eigenvalue weighted by atomic mass is 9.97. The highest BCUT2D eigenvalue weighted by Crippen LogP contribution is 2.37. The smallest absolute Gasteiger partial charge is 0.266 e. The summed E-state index contributed by atoms with van der Waals surface area (Å²) in [6.07, 6.45) is 1.86. The molecule has 0 aliphatic carbocycles. The fraction of sp³-hybridized carbons (Fsp3) is 0.348. The molecule has 5 heterocycles. The third-order valence-electron chi connectivity index (χ3n) is 6.76. The number of aromatic amines is 1. The van der Waals surface area contributed by atoms with Gasteiger partial charge in [-0.1, -0.05) is 11.6 Å². The molecular weight excluding hydrogens is 486 g/mol. The predicted molar refractivity (Wildman–Crippen MR) is 138 cm³/mol. The van der Waals surface area contributed by atoms with Crippen LogP contribution in [-0.4, -0.2) is 54.1 Å². The van der Waals surface area contributed by atoms with Crippen LogP contribution in [0.15, 0.2) is 28.5 Å². The van der Waals surface area contributed by atoms with E-state index in [9.17, 15) is 4.79 Å². The Morgan fingerprint density at radius 1 is 1.26 bits per heavy atom. The van der Waals surface area contributed by atoms with E-state index < -0.39 is 0 Å². The summed E-state index contributed by atoms with van der Waals surface area (Å²) < 4.78 is 3.30. The minimum absolute atomic E-state index is 0.186. The van der Waals surface area contributed by atoms with Gasteiger partial charge in [-0.3, -0.25) is 19.1 Å². The average Bonchev–Trinajstić information content (AvgIpc) is 3.61. The lowest BCUT2D eigenvalue weighted by molar-refractivity contribution is 0.529. The zero-order valence-corrected chi connectivity index (χ0v) is 21.1. The predicted octanol–water partition coefficient (Wildman–Crippen LogP) is 2.81. The van der Waals surface area contributed by atoms with Gasteiger partial charge in [0.1, 0.15) is 5.39 Å². The number of hydrogen-bond acceptors (Lipinski definition) is 8. The number of hydrogen-bond donors (Lipinski definition) is 2. The quantitative estimate of drug-likeness (QED) is 0.381. The van der Waals surface area contributed by atoms with Crippen LogP contribution in [0.3, 0.4) is 0 Å². The first-order chi connectivity index (χ1) is 16.9. The van der Waals surface area contributed by atoms with Gasteiger partial charge in [-0.15, -0.1) is 11.3 Å². The monoisotopic (exact) mass is 509 g/mol. The molecule has 4 aromatic heterocycles. The Labute approximate surface area is 209 Å². The highest BCUT2D eigenvalue weighted by Gasteiger charge is 2.36. The first-order valence-electron chi connectivity index (χ1n) is 11.3. The summed E-state index contributed by atoms with van der Waals surface area (Å²) >= 11 is 8.39. The second-order valence-electron chi connectivity index (χ2n) is 9.07. The van der Waals surface area contributed by atoms with Gasteiger partial charge in [-0.2, -0.15) is 15.2 Å². The summed E-state index contributed by atoms with van der Waals surface area (Å²) in [6, 6.07) is 3.73. The molecule has 0 unspecified atom stereocenters. The number of aryl methyl sites for hydroxylation is 2. The molecule has 0 radical (unpaired) electrons. The van der Waals surface area contributed by atoms with Crippen molar-refractivity contribution in [2.24, 2.45) is 25.7 Å². The van der Waals surface area contributed by atoms with E-state index in [1.54, 1.807) is 27.6 Å². The molecule has 10 nitrogen and oxygen atoms in total. The molecule has 12 heteroatoms. The zero-order chi connectivity index (χ0) is 24.4. The number of nitrogens with zero attached hydrogens (tertiary/aromatic N) is 7. The Kier molecular flexibility index (Phi) is 5.17. The van der Waals surface area contributed by atoms with Crippen LogP contribution in [-0.2, 0) is 14.1 Å². The highest BCUT2D eigenvalue weighted by atomic mass is 35.5. The molecule has 1 aromatic carbocycles. The maximum Gasteiger partial charge on any atom is 0.266 e. The Balaban J connectivity index is 1.43. The molecule has 180 valence electrons. The number of fused-ring (bicyclic) bond motifs is 2. The second-order valence-corrected chi connectivity index (χ2v) is 10.3. The summed E-state index contributed by atoms with van der Waals surface area (Å²) in [6.45, 7) is 3.93. The molecule has 1 fully saturated rings. The molecule has 6 rings (SSSR count). The van der Waals surface area contributed by atoms with Crippen LogP contribution in [0.1, 0.15) is 16.6 Å². The standard InChI is InChI=1S/C23H24ClN9OS/c1-11-10-35-21(26-11)14-9-33(7-12(14)6-25)23-27-20-17(22(34)32(23)3)19(28-29-20)13-4-5-16-15(18(13)24)8-31(2)30-16/h4-5,8,10,12,14H,6-7,9,25H2,1-3H3,(H,28,29)/t12-,14+/m1/s1. The second kappa shape index (κ2) is 8.14. The topological polar surface area (TPSA) is 124 Å². The van der Waals surface area contributed by atoms with E-state index in [0.29, 0.717) is 52.9 Å². The fourth-order valence-electron chi connectivity index (χ4n) is 4.99. The van der Waals surface area contributed by atoms with Crippen molar-refractivity contribution in [1.82, 2.24) is 34.5 Å². The van der Waals surface area contributed by atoms with Gasteiger partial charge in [-0.05, 0) is 31.5 Å². The first-order valence-corrected chi connectivity index (χ1v) is 12.6. The van der Waals surface area contributed by atoms with Crippen LogP contribution in [0.4, 0.5) is 5.95 Å². The molecule has 2 atom stereocenters. The van der Waals surface area contributed by atoms with Crippen molar-refractivity contribution >= 4 is 50.8 Å². The highest BCUT2D eigenvalue weighted by molar-refractivity contribution is 7.09. The van der Waals surface area contributed by atoms with Crippen molar-refractivity contribution in [3.63, 3.8) is 0 Å². The Bertz CT molecular complexity index is 1650. The third-order valence-corrected chi connectivity index (χ3v) is 8.26. The Morgan fingerprint density at radius 2 is 2.09 bits per heavy atom. The Morgan fingerprint density at radius 3 is 2.83 bits per heavy atom. The number of thiazole rings is 1. The van der Waals surface area contributed by atoms with Crippen LogP contribution in [0.25, 0.3) is 33.2 Å². The van der Waals surface area contributed by atoms with Crippen molar-refractivity contribution in [3.8, 4) is 11.3 Å². The normalized spacial score (nSPS) is 18.4. The molecule has 0 spiro atoms. The number of nitrogens with one attached hydrogen (secondary N) is 1. The van der Waals surface area contributed by atoms with Crippen molar-refractivity contribution in [2.75, 3.05) is 24.5 Å². The lowest BCUT2D eigenvalue weighted by Crippen LogP contribution is -2.31. The summed E-state index contributed by atoms with van der Waals surface area (Å²) in [5.41, 5.74) is 9.32. The van der Waals surface area contributed by atoms with Crippen LogP contribution in [0.2, 0.25) is 5.02 Å². The third kappa shape index (κ3) is 3.45. The van der Waals surface area contributed by atoms with Gasteiger partial charge in [-0.25, -0.2) is 4.98 Å². The molecule has 3 N–H and O–H groups in total. The molecule has 0 amide bonds. The minimum Gasteiger partial charge on any atom is -0.341 e. The van der Waals surface area contributed by atoms with Crippen LogP contribution in [0.5, 0.6) is 0 Å². The molecule has 0 saturated carbocycles. The molecule has 1 saturated heterocycles. The van der Waals surface area contributed by atoms with Gasteiger partial charge < -0.3 is 10.6 Å². The minimum atomic E-state index is -0.186.